The zero-order chi connectivity index (χ0) is 0. The van der Waals surface area contributed by atoms with Crippen LogP contribution in [0.15, 0.2) is 0 Å². The molecule has 0 aromatic carbocycles. The first-order valence-electron chi connectivity index (χ1n) is 0. The molecule has 4 heavy (non-hydrogen) atoms. The van der Waals surface area contributed by atoms with E-state index in [0.29, 0.717) is 0 Å². The maximum atomic E-state index is 0. The predicted octanol–water partition coefficient (Wildman–Crippen LogP) is -3.02. The summed E-state index contributed by atoms with van der Waals surface area (Å²) in [5.41, 5.74) is 0. The van der Waals surface area contributed by atoms with E-state index in [1.54, 1.807) is 0 Å². The zero-order valence-corrected chi connectivity index (χ0v) is 3.67. The fourth-order valence-corrected chi connectivity index (χ4v) is 0. The number of hydrogen-bond acceptors (Lipinski definition) is 0. The Hall–Kier alpha value is 2.71. The van der Waals surface area contributed by atoms with Crippen molar-refractivity contribution in [1.29, 1.82) is 0 Å². The van der Waals surface area contributed by atoms with Crippen molar-refractivity contribution in [3.63, 3.8) is 0 Å². The second-order valence-corrected chi connectivity index (χ2v) is 0. The van der Waals surface area contributed by atoms with Gasteiger partial charge in [0.1, 0.15) is 0 Å². The van der Waals surface area contributed by atoms with Crippen LogP contribution in [-0.2, 0) is 19.5 Å². The summed E-state index contributed by atoms with van der Waals surface area (Å²) in [6, 6.07) is 0. The Labute approximate surface area is 87.0 Å². The topological polar surface area (TPSA) is 0 Å². The molecule has 0 atom stereocenters. The van der Waals surface area contributed by atoms with Gasteiger partial charge in [-0.15, -0.1) is 0 Å². The number of rotatable bonds is 0. The molecule has 0 spiro atoms. The fourth-order valence-electron chi connectivity index (χ4n) is 0. The summed E-state index contributed by atoms with van der Waals surface area (Å²) in [6.45, 7) is 0. The first-order chi connectivity index (χ1) is 0. The van der Waals surface area contributed by atoms with Crippen molar-refractivity contribution < 1.29 is 19.5 Å². The van der Waals surface area contributed by atoms with Gasteiger partial charge in [-0.3, -0.25) is 0 Å². The Kier molecular flexibility index (Phi) is 128. The van der Waals surface area contributed by atoms with Crippen LogP contribution < -0.4 is 0 Å². The van der Waals surface area contributed by atoms with E-state index in [1.807, 2.05) is 0 Å². The molecule has 0 saturated carbocycles. The average Bonchev–Trinajstić information content (AvgIpc) is 0. The molecule has 0 nitrogen and oxygen atoms in total. The third-order valence-corrected chi connectivity index (χ3v) is 0. The van der Waals surface area contributed by atoms with Gasteiger partial charge in [-0.25, -0.2) is 0 Å². The van der Waals surface area contributed by atoms with Crippen molar-refractivity contribution in [2.75, 3.05) is 0 Å². The minimum atomic E-state index is 0. The van der Waals surface area contributed by atoms with Crippen LogP contribution in [0.1, 0.15) is 0 Å². The van der Waals surface area contributed by atoms with Crippen LogP contribution in [0.2, 0.25) is 0 Å². The summed E-state index contributed by atoms with van der Waals surface area (Å²) in [5, 5.41) is 0. The van der Waals surface area contributed by atoms with E-state index in [4.69, 9.17) is 0 Å². The van der Waals surface area contributed by atoms with E-state index < -0.39 is 0 Å². The molecule has 0 bridgehead atoms. The third-order valence-electron chi connectivity index (χ3n) is 0. The first-order valence-corrected chi connectivity index (χ1v) is 0. The van der Waals surface area contributed by atoms with Crippen molar-refractivity contribution in [2.45, 2.75) is 0 Å². The molecule has 0 amide bonds. The normalized spacial score (nSPS) is 0. The standard InChI is InChI=1S/BH3.Ca.Mg.Zn.4H/h1H3;;;;;;;. The second-order valence-electron chi connectivity index (χ2n) is 0. The summed E-state index contributed by atoms with van der Waals surface area (Å²) in [5.74, 6) is 0. The van der Waals surface area contributed by atoms with Crippen LogP contribution in [-0.4, -0.2) is 69.2 Å². The molecule has 0 heterocycles. The molecule has 0 saturated heterocycles. The largest absolute Gasteiger partial charge is 0.316 e. The van der Waals surface area contributed by atoms with Crippen molar-refractivity contribution >= 4 is 69.2 Å². The molecular formula is H7BCaMgZn. The molecule has 0 radical (unpaired) electrons. The van der Waals surface area contributed by atoms with E-state index in [2.05, 4.69) is 0 Å². The van der Waals surface area contributed by atoms with Crippen molar-refractivity contribution in [1.82, 2.24) is 0 Å². The van der Waals surface area contributed by atoms with Crippen LogP contribution in [0.5, 0.6) is 0 Å². The van der Waals surface area contributed by atoms with Crippen molar-refractivity contribution in [2.24, 2.45) is 0 Å². The van der Waals surface area contributed by atoms with E-state index in [-0.39, 0.29) is 88.7 Å². The van der Waals surface area contributed by atoms with E-state index in [0.717, 1.165) is 0 Å². The van der Waals surface area contributed by atoms with Crippen LogP contribution in [0, 0.1) is 0 Å². The van der Waals surface area contributed by atoms with E-state index >= 15 is 0 Å². The smallest absolute Gasteiger partial charge is 0 e. The SMILES string of the molecule is B.[CaH2].[MgH2].[Zn]. The maximum Gasteiger partial charge on any atom is 0.316 e. The molecule has 0 rings (SSSR count). The second kappa shape index (κ2) is 17.2. The van der Waals surface area contributed by atoms with Gasteiger partial charge < -0.3 is 0 Å². The van der Waals surface area contributed by atoms with E-state index in [1.165, 1.54) is 0 Å². The summed E-state index contributed by atoms with van der Waals surface area (Å²) in [7, 11) is 0. The molecule has 0 fully saturated rings. The Bertz CT molecular complexity index is 8.00. The van der Waals surface area contributed by atoms with Crippen LogP contribution in [0.4, 0.5) is 0 Å². The van der Waals surface area contributed by atoms with Gasteiger partial charge in [0, 0.05) is 19.5 Å². The van der Waals surface area contributed by atoms with Gasteiger partial charge in [-0.05, 0) is 0 Å². The Morgan fingerprint density at radius 2 is 1.00 bits per heavy atom. The molecule has 0 aliphatic rings. The van der Waals surface area contributed by atoms with Crippen LogP contribution in [0.3, 0.4) is 0 Å². The fraction of sp³-hybridized carbons (Fsp3) is 0. The molecule has 0 aliphatic heterocycles. The van der Waals surface area contributed by atoms with Crippen LogP contribution >= 0.6 is 0 Å². The molecule has 0 unspecified atom stereocenters. The first kappa shape index (κ1) is 29.8. The third kappa shape index (κ3) is 8.83. The Morgan fingerprint density at radius 1 is 1.00 bits per heavy atom. The minimum absolute atomic E-state index is 0. The number of hydrogen-bond donors (Lipinski definition) is 0. The zero-order valence-electron chi connectivity index (χ0n) is 0.707. The van der Waals surface area contributed by atoms with Crippen molar-refractivity contribution in [3.8, 4) is 0 Å². The Morgan fingerprint density at radius 3 is 1.00 bits per heavy atom. The Balaban J connectivity index is 0. The minimum Gasteiger partial charge on any atom is 0 e. The van der Waals surface area contributed by atoms with Crippen LogP contribution in [0.25, 0.3) is 0 Å². The van der Waals surface area contributed by atoms with Gasteiger partial charge in [0.25, 0.3) is 0 Å². The molecule has 0 aromatic heterocycles. The maximum absolute atomic E-state index is 0. The summed E-state index contributed by atoms with van der Waals surface area (Å²) < 4.78 is 0. The quantitative estimate of drug-likeness (QED) is 0.320. The molecule has 0 aliphatic carbocycles. The molecule has 0 aromatic rings. The van der Waals surface area contributed by atoms with Gasteiger partial charge in [0.15, 0.2) is 0 Å². The van der Waals surface area contributed by atoms with Gasteiger partial charge >= 0.3 is 60.8 Å². The van der Waals surface area contributed by atoms with Gasteiger partial charge in [-0.2, -0.15) is 0 Å². The molecular weight excluding hydrogens is 141 g/mol. The average molecular weight is 148 g/mol. The van der Waals surface area contributed by atoms with E-state index in [9.17, 15) is 0 Å². The molecule has 0 N–H and O–H groups in total. The monoisotopic (exact) mass is 146 g/mol. The molecule has 16 valence electrons. The van der Waals surface area contributed by atoms with Gasteiger partial charge in [0.2, 0.25) is 0 Å². The summed E-state index contributed by atoms with van der Waals surface area (Å²) >= 11 is 0. The predicted molar refractivity (Wildman–Crippen MR) is 27.0 cm³/mol. The van der Waals surface area contributed by atoms with Crippen molar-refractivity contribution in [3.05, 3.63) is 0 Å². The van der Waals surface area contributed by atoms with Gasteiger partial charge in [-0.1, -0.05) is 0 Å². The summed E-state index contributed by atoms with van der Waals surface area (Å²) in [4.78, 5) is 0. The molecule has 4 heteroatoms. The summed E-state index contributed by atoms with van der Waals surface area (Å²) in [6.07, 6.45) is 0. The van der Waals surface area contributed by atoms with Gasteiger partial charge in [0.05, 0.1) is 8.41 Å².